The van der Waals surface area contributed by atoms with Crippen molar-refractivity contribution < 1.29 is 0 Å². The summed E-state index contributed by atoms with van der Waals surface area (Å²) in [6, 6.07) is 11.6. The molecule has 5 unspecified atom stereocenters. The summed E-state index contributed by atoms with van der Waals surface area (Å²) in [5.74, 6) is 3.13. The van der Waals surface area contributed by atoms with Crippen LogP contribution in [0.2, 0.25) is 0 Å². The van der Waals surface area contributed by atoms with Crippen LogP contribution in [0.5, 0.6) is 0 Å². The molecule has 0 spiro atoms. The van der Waals surface area contributed by atoms with Crippen LogP contribution in [0.25, 0.3) is 0 Å². The Kier molecular flexibility index (Phi) is 5.27. The Hall–Kier alpha value is -0.640. The molecule has 1 aromatic carbocycles. The fraction of sp³-hybridized carbons (Fsp3) is 0.731. The Bertz CT molecular complexity index is 811. The number of nitrogens with two attached hydrogens (primary N) is 1. The number of hydrogen-bond donors (Lipinski definition) is 1. The summed E-state index contributed by atoms with van der Waals surface area (Å²) in [5.41, 5.74) is 8.68. The Morgan fingerprint density at radius 2 is 1.97 bits per heavy atom. The van der Waals surface area contributed by atoms with Crippen molar-refractivity contribution in [1.29, 1.82) is 0 Å². The lowest BCUT2D eigenvalue weighted by Gasteiger charge is -2.49. The molecule has 4 saturated carbocycles. The molecule has 6 atom stereocenters. The summed E-state index contributed by atoms with van der Waals surface area (Å²) in [6.07, 6.45) is 8.71. The van der Waals surface area contributed by atoms with Crippen LogP contribution >= 0.6 is 23.8 Å². The van der Waals surface area contributed by atoms with Crippen molar-refractivity contribution >= 4 is 28.8 Å². The zero-order valence-electron chi connectivity index (χ0n) is 18.6. The van der Waals surface area contributed by atoms with Crippen molar-refractivity contribution in [3.63, 3.8) is 0 Å². The number of hydrogen-bond acceptors (Lipinski definition) is 2. The molecule has 5 fully saturated rings. The number of alkyl halides is 1. The quantitative estimate of drug-likeness (QED) is 0.462. The van der Waals surface area contributed by atoms with Gasteiger partial charge in [-0.05, 0) is 79.1 Å². The standard InChI is InChI=1S/C26H37ClN2S/c1-24(2)17-29(12-10-22(24)28)23(30)26-14-18-13-25(16-26,19-7-4-3-5-8-19)15-21(26)20(18)9-6-11-27/h3-5,7-8,18,20-22H,6,9-17,28H2,1-2H3/t18?,20?,21?,22-,25?,26?/m0/s1. The third kappa shape index (κ3) is 3.10. The van der Waals surface area contributed by atoms with Gasteiger partial charge in [0.25, 0.3) is 0 Å². The van der Waals surface area contributed by atoms with Crippen LogP contribution < -0.4 is 5.73 Å². The van der Waals surface area contributed by atoms with E-state index < -0.39 is 0 Å². The first-order chi connectivity index (χ1) is 14.3. The SMILES string of the molecule is CC1(C)CN(C(=S)C23CC4CC(c5ccccc5)(CC2C4CCCCl)C3)CC[C@@H]1N. The first kappa shape index (κ1) is 21.2. The van der Waals surface area contributed by atoms with Crippen LogP contribution in [-0.4, -0.2) is 34.9 Å². The van der Waals surface area contributed by atoms with Gasteiger partial charge in [0, 0.05) is 30.4 Å². The molecule has 0 radical (unpaired) electrons. The first-order valence-electron chi connectivity index (χ1n) is 12.0. The largest absolute Gasteiger partial charge is 0.365 e. The van der Waals surface area contributed by atoms with E-state index in [0.717, 1.165) is 49.6 Å². The van der Waals surface area contributed by atoms with Crippen molar-refractivity contribution in [2.24, 2.45) is 34.3 Å². The molecule has 1 aromatic rings. The number of benzene rings is 1. The summed E-state index contributed by atoms with van der Waals surface area (Å²) in [7, 11) is 0. The number of halogens is 1. The second-order valence-corrected chi connectivity index (χ2v) is 12.3. The van der Waals surface area contributed by atoms with E-state index in [2.05, 4.69) is 49.1 Å². The van der Waals surface area contributed by atoms with E-state index in [-0.39, 0.29) is 16.9 Å². The van der Waals surface area contributed by atoms with E-state index in [9.17, 15) is 0 Å². The van der Waals surface area contributed by atoms with E-state index in [4.69, 9.17) is 29.6 Å². The first-order valence-corrected chi connectivity index (χ1v) is 12.9. The minimum atomic E-state index is 0.129. The number of nitrogens with zero attached hydrogens (tertiary/aromatic N) is 1. The van der Waals surface area contributed by atoms with Crippen LogP contribution in [0.4, 0.5) is 0 Å². The van der Waals surface area contributed by atoms with Crippen LogP contribution in [0.1, 0.15) is 64.4 Å². The Balaban J connectivity index is 1.48. The minimum Gasteiger partial charge on any atom is -0.365 e. The van der Waals surface area contributed by atoms with Crippen LogP contribution in [-0.2, 0) is 5.41 Å². The maximum atomic E-state index is 6.45. The predicted octanol–water partition coefficient (Wildman–Crippen LogP) is 5.77. The van der Waals surface area contributed by atoms with Crippen LogP contribution in [0, 0.1) is 28.6 Å². The summed E-state index contributed by atoms with van der Waals surface area (Å²) in [6.45, 7) is 6.68. The van der Waals surface area contributed by atoms with Crippen molar-refractivity contribution in [2.45, 2.75) is 70.3 Å². The molecule has 0 aromatic heterocycles. The van der Waals surface area contributed by atoms with Gasteiger partial charge in [0.1, 0.15) is 0 Å². The topological polar surface area (TPSA) is 29.3 Å². The molecule has 30 heavy (non-hydrogen) atoms. The Morgan fingerprint density at radius 1 is 1.20 bits per heavy atom. The van der Waals surface area contributed by atoms with E-state index in [1.165, 1.54) is 37.1 Å². The summed E-state index contributed by atoms with van der Waals surface area (Å²) in [4.78, 5) is 3.85. The molecule has 6 rings (SSSR count). The van der Waals surface area contributed by atoms with Crippen molar-refractivity contribution in [1.82, 2.24) is 4.90 Å². The number of likely N-dealkylation sites (tertiary alicyclic amines) is 1. The zero-order chi connectivity index (χ0) is 21.1. The van der Waals surface area contributed by atoms with Gasteiger partial charge in [-0.3, -0.25) is 0 Å². The number of thiocarbonyl (C=S) groups is 1. The summed E-state index contributed by atoms with van der Waals surface area (Å²) in [5, 5.41) is 0. The van der Waals surface area contributed by atoms with Gasteiger partial charge in [-0.15, -0.1) is 11.6 Å². The Labute approximate surface area is 192 Å². The van der Waals surface area contributed by atoms with Gasteiger partial charge >= 0.3 is 0 Å². The molecule has 1 heterocycles. The number of piperidine rings is 1. The molecule has 4 bridgehead atoms. The predicted molar refractivity (Wildman–Crippen MR) is 130 cm³/mol. The monoisotopic (exact) mass is 444 g/mol. The van der Waals surface area contributed by atoms with Gasteiger partial charge in [0.15, 0.2) is 0 Å². The highest BCUT2D eigenvalue weighted by atomic mass is 35.5. The van der Waals surface area contributed by atoms with Gasteiger partial charge in [-0.1, -0.05) is 56.4 Å². The fourth-order valence-electron chi connectivity index (χ4n) is 8.10. The average Bonchev–Trinajstić information content (AvgIpc) is 3.11. The number of rotatable bonds is 5. The molecule has 2 N–H and O–H groups in total. The summed E-state index contributed by atoms with van der Waals surface area (Å²) >= 11 is 12.5. The maximum absolute atomic E-state index is 6.45. The zero-order valence-corrected chi connectivity index (χ0v) is 20.2. The van der Waals surface area contributed by atoms with Crippen LogP contribution in [0.3, 0.4) is 0 Å². The highest BCUT2D eigenvalue weighted by molar-refractivity contribution is 7.80. The highest BCUT2D eigenvalue weighted by Crippen LogP contribution is 2.74. The third-order valence-corrected chi connectivity index (χ3v) is 10.4. The van der Waals surface area contributed by atoms with Gasteiger partial charge in [0.2, 0.25) is 0 Å². The smallest absolute Gasteiger partial charge is 0.0845 e. The lowest BCUT2D eigenvalue weighted by Crippen LogP contribution is -2.56. The van der Waals surface area contributed by atoms with E-state index in [1.54, 1.807) is 5.56 Å². The lowest BCUT2D eigenvalue weighted by atomic mass is 9.61. The molecular formula is C26H37ClN2S. The average molecular weight is 445 g/mol. The van der Waals surface area contributed by atoms with E-state index in [0.29, 0.717) is 5.41 Å². The molecule has 0 amide bonds. The van der Waals surface area contributed by atoms with Gasteiger partial charge in [0.05, 0.1) is 4.99 Å². The van der Waals surface area contributed by atoms with Crippen molar-refractivity contribution in [3.05, 3.63) is 35.9 Å². The normalized spacial score (nSPS) is 41.4. The second-order valence-electron chi connectivity index (χ2n) is 11.6. The van der Waals surface area contributed by atoms with Crippen molar-refractivity contribution in [3.8, 4) is 0 Å². The lowest BCUT2D eigenvalue weighted by molar-refractivity contribution is 0.133. The minimum absolute atomic E-state index is 0.129. The van der Waals surface area contributed by atoms with E-state index in [1.807, 2.05) is 0 Å². The molecule has 4 aliphatic carbocycles. The fourth-order valence-corrected chi connectivity index (χ4v) is 8.72. The Morgan fingerprint density at radius 3 is 2.67 bits per heavy atom. The van der Waals surface area contributed by atoms with E-state index >= 15 is 0 Å². The molecule has 5 aliphatic rings. The van der Waals surface area contributed by atoms with Crippen LogP contribution in [0.15, 0.2) is 30.3 Å². The van der Waals surface area contributed by atoms with Crippen molar-refractivity contribution in [2.75, 3.05) is 19.0 Å². The molecule has 1 saturated heterocycles. The third-order valence-electron chi connectivity index (χ3n) is 9.46. The van der Waals surface area contributed by atoms with Gasteiger partial charge < -0.3 is 10.6 Å². The maximum Gasteiger partial charge on any atom is 0.0845 e. The summed E-state index contributed by atoms with van der Waals surface area (Å²) < 4.78 is 0. The second kappa shape index (κ2) is 7.46. The molecule has 4 heteroatoms. The van der Waals surface area contributed by atoms with Gasteiger partial charge in [-0.25, -0.2) is 0 Å². The molecular weight excluding hydrogens is 408 g/mol. The molecule has 2 nitrogen and oxygen atoms in total. The highest BCUT2D eigenvalue weighted by Gasteiger charge is 2.69. The molecule has 1 aliphatic heterocycles. The molecule has 164 valence electrons. The van der Waals surface area contributed by atoms with Gasteiger partial charge in [-0.2, -0.15) is 0 Å².